The molecule has 0 atom stereocenters. The molecule has 2 heterocycles. The van der Waals surface area contributed by atoms with Crippen molar-refractivity contribution in [2.24, 2.45) is 0 Å². The Balaban J connectivity index is 1.32. The highest BCUT2D eigenvalue weighted by molar-refractivity contribution is 5.83. The predicted octanol–water partition coefficient (Wildman–Crippen LogP) is 4.71. The Labute approximate surface area is 169 Å². The molecule has 0 amide bonds. The molecule has 6 heteroatoms. The minimum Gasteiger partial charge on any atom is -0.370 e. The number of anilines is 2. The van der Waals surface area contributed by atoms with Crippen LogP contribution >= 0.6 is 0 Å². The fourth-order valence-corrected chi connectivity index (χ4v) is 3.37. The number of nitrogens with zero attached hydrogens (tertiary/aromatic N) is 2. The van der Waals surface area contributed by atoms with Gasteiger partial charge in [0.15, 0.2) is 0 Å². The number of benzene rings is 2. The molecule has 2 aromatic heterocycles. The van der Waals surface area contributed by atoms with Gasteiger partial charge in [0.25, 0.3) is 0 Å². The summed E-state index contributed by atoms with van der Waals surface area (Å²) in [6.07, 6.45) is 3.74. The Kier molecular flexibility index (Phi) is 5.70. The van der Waals surface area contributed by atoms with Gasteiger partial charge >= 0.3 is 0 Å². The monoisotopic (exact) mass is 389 g/mol. The van der Waals surface area contributed by atoms with Crippen LogP contribution in [0.4, 0.5) is 16.2 Å². The van der Waals surface area contributed by atoms with Crippen LogP contribution in [0.2, 0.25) is 0 Å². The van der Waals surface area contributed by atoms with Crippen molar-refractivity contribution in [3.05, 3.63) is 83.4 Å². The van der Waals surface area contributed by atoms with Crippen LogP contribution in [0, 0.1) is 12.7 Å². The molecule has 0 unspecified atom stereocenters. The third-order valence-electron chi connectivity index (χ3n) is 4.84. The first kappa shape index (κ1) is 18.9. The van der Waals surface area contributed by atoms with Gasteiger partial charge in [-0.25, -0.2) is 9.37 Å². The van der Waals surface area contributed by atoms with Crippen molar-refractivity contribution in [2.45, 2.75) is 19.8 Å². The Bertz CT molecular complexity index is 1090. The maximum atomic E-state index is 13.0. The van der Waals surface area contributed by atoms with Gasteiger partial charge in [0.1, 0.15) is 11.6 Å². The number of fused-ring (bicyclic) bond motifs is 1. The lowest BCUT2D eigenvalue weighted by Gasteiger charge is -2.10. The second-order valence-electron chi connectivity index (χ2n) is 7.06. The number of H-pyrrole nitrogens is 1. The number of rotatable bonds is 8. The molecular weight excluding hydrogens is 365 g/mol. The average Bonchev–Trinajstić information content (AvgIpc) is 3.12. The van der Waals surface area contributed by atoms with Gasteiger partial charge in [-0.2, -0.15) is 4.98 Å². The van der Waals surface area contributed by atoms with E-state index in [-0.39, 0.29) is 5.82 Å². The van der Waals surface area contributed by atoms with Crippen molar-refractivity contribution in [1.82, 2.24) is 15.0 Å². The molecule has 0 fully saturated rings. The molecule has 148 valence electrons. The molecule has 0 radical (unpaired) electrons. The molecule has 29 heavy (non-hydrogen) atoms. The van der Waals surface area contributed by atoms with Crippen LogP contribution in [0.25, 0.3) is 10.9 Å². The number of hydrogen-bond acceptors (Lipinski definition) is 4. The van der Waals surface area contributed by atoms with Crippen LogP contribution in [0.1, 0.15) is 16.8 Å². The number of para-hydroxylation sites is 1. The zero-order valence-electron chi connectivity index (χ0n) is 16.4. The Morgan fingerprint density at radius 2 is 1.72 bits per heavy atom. The second kappa shape index (κ2) is 8.73. The number of halogens is 1. The van der Waals surface area contributed by atoms with E-state index in [2.05, 4.69) is 50.0 Å². The highest BCUT2D eigenvalue weighted by atomic mass is 19.1. The summed E-state index contributed by atoms with van der Waals surface area (Å²) in [6.45, 7) is 3.43. The smallest absolute Gasteiger partial charge is 0.224 e. The summed E-state index contributed by atoms with van der Waals surface area (Å²) in [7, 11) is 0. The normalized spacial score (nSPS) is 11.0. The number of aromatic amines is 1. The molecule has 0 aliphatic carbocycles. The summed E-state index contributed by atoms with van der Waals surface area (Å²) in [5.74, 6) is 1.19. The van der Waals surface area contributed by atoms with Gasteiger partial charge in [-0.3, -0.25) is 0 Å². The molecule has 0 bridgehead atoms. The van der Waals surface area contributed by atoms with Gasteiger partial charge in [0, 0.05) is 41.9 Å². The molecule has 0 saturated heterocycles. The third-order valence-corrected chi connectivity index (χ3v) is 4.84. The van der Waals surface area contributed by atoms with Gasteiger partial charge < -0.3 is 15.6 Å². The Morgan fingerprint density at radius 3 is 2.59 bits per heavy atom. The average molecular weight is 389 g/mol. The summed E-state index contributed by atoms with van der Waals surface area (Å²) in [4.78, 5) is 12.3. The lowest BCUT2D eigenvalue weighted by molar-refractivity contribution is 0.627. The van der Waals surface area contributed by atoms with Crippen LogP contribution in [0.15, 0.2) is 60.8 Å². The van der Waals surface area contributed by atoms with E-state index in [0.29, 0.717) is 5.95 Å². The minimum absolute atomic E-state index is 0.212. The summed E-state index contributed by atoms with van der Waals surface area (Å²) in [5, 5.41) is 7.91. The van der Waals surface area contributed by atoms with Gasteiger partial charge in [-0.1, -0.05) is 30.3 Å². The van der Waals surface area contributed by atoms with Crippen LogP contribution < -0.4 is 10.6 Å². The van der Waals surface area contributed by atoms with E-state index in [1.54, 1.807) is 12.1 Å². The van der Waals surface area contributed by atoms with Crippen molar-refractivity contribution >= 4 is 22.7 Å². The standard InChI is InChI=1S/C23H24FN5/c1-16-14-22(25-12-10-17-6-8-19(24)9-7-17)29-23(28-16)26-13-11-18-15-27-21-5-3-2-4-20(18)21/h2-9,14-15,27H,10-13H2,1H3,(H2,25,26,28,29). The first-order chi connectivity index (χ1) is 14.2. The number of hydrogen-bond donors (Lipinski definition) is 3. The van der Waals surface area contributed by atoms with Gasteiger partial charge in [-0.15, -0.1) is 0 Å². The summed E-state index contributed by atoms with van der Waals surface area (Å²) >= 11 is 0. The van der Waals surface area contributed by atoms with Crippen molar-refractivity contribution in [1.29, 1.82) is 0 Å². The molecule has 0 saturated carbocycles. The lowest BCUT2D eigenvalue weighted by Crippen LogP contribution is -2.11. The molecule has 4 aromatic rings. The van der Waals surface area contributed by atoms with Crippen LogP contribution in [-0.4, -0.2) is 28.0 Å². The van der Waals surface area contributed by atoms with E-state index in [9.17, 15) is 4.39 Å². The Hall–Kier alpha value is -3.41. The molecule has 5 nitrogen and oxygen atoms in total. The van der Waals surface area contributed by atoms with Gasteiger partial charge in [0.05, 0.1) is 0 Å². The molecule has 0 aliphatic heterocycles. The first-order valence-electron chi connectivity index (χ1n) is 9.80. The van der Waals surface area contributed by atoms with Crippen molar-refractivity contribution < 1.29 is 4.39 Å². The fraction of sp³-hybridized carbons (Fsp3) is 0.217. The van der Waals surface area contributed by atoms with Crippen LogP contribution in [0.5, 0.6) is 0 Å². The van der Waals surface area contributed by atoms with Crippen molar-refractivity contribution in [2.75, 3.05) is 23.7 Å². The summed E-state index contributed by atoms with van der Waals surface area (Å²) in [6, 6.07) is 16.8. The van der Waals surface area contributed by atoms with Crippen LogP contribution in [-0.2, 0) is 12.8 Å². The molecular formula is C23H24FN5. The topological polar surface area (TPSA) is 65.6 Å². The van der Waals surface area contributed by atoms with E-state index in [1.807, 2.05) is 19.1 Å². The van der Waals surface area contributed by atoms with E-state index >= 15 is 0 Å². The largest absolute Gasteiger partial charge is 0.370 e. The summed E-state index contributed by atoms with van der Waals surface area (Å²) in [5.41, 5.74) is 4.42. The molecule has 3 N–H and O–H groups in total. The second-order valence-corrected chi connectivity index (χ2v) is 7.06. The third kappa shape index (κ3) is 4.90. The SMILES string of the molecule is Cc1cc(NCCc2ccc(F)cc2)nc(NCCc2c[nH]c3ccccc23)n1. The molecule has 4 rings (SSSR count). The number of aromatic nitrogens is 3. The molecule has 0 aliphatic rings. The number of aryl methyl sites for hydroxylation is 1. The minimum atomic E-state index is -0.212. The maximum absolute atomic E-state index is 13.0. The van der Waals surface area contributed by atoms with E-state index < -0.39 is 0 Å². The van der Waals surface area contributed by atoms with E-state index in [1.165, 1.54) is 23.1 Å². The van der Waals surface area contributed by atoms with Crippen molar-refractivity contribution in [3.8, 4) is 0 Å². The van der Waals surface area contributed by atoms with E-state index in [4.69, 9.17) is 0 Å². The molecule has 0 spiro atoms. The van der Waals surface area contributed by atoms with Crippen LogP contribution in [0.3, 0.4) is 0 Å². The zero-order chi connectivity index (χ0) is 20.1. The highest BCUT2D eigenvalue weighted by Gasteiger charge is 2.05. The highest BCUT2D eigenvalue weighted by Crippen LogP contribution is 2.18. The first-order valence-corrected chi connectivity index (χ1v) is 9.80. The quantitative estimate of drug-likeness (QED) is 0.408. The zero-order valence-corrected chi connectivity index (χ0v) is 16.4. The fourth-order valence-electron chi connectivity index (χ4n) is 3.37. The Morgan fingerprint density at radius 1 is 0.931 bits per heavy atom. The number of nitrogens with one attached hydrogen (secondary N) is 3. The predicted molar refractivity (Wildman–Crippen MR) is 116 cm³/mol. The lowest BCUT2D eigenvalue weighted by atomic mass is 10.1. The van der Waals surface area contributed by atoms with Crippen molar-refractivity contribution in [3.63, 3.8) is 0 Å². The maximum Gasteiger partial charge on any atom is 0.224 e. The van der Waals surface area contributed by atoms with Gasteiger partial charge in [-0.05, 0) is 49.1 Å². The molecule has 2 aromatic carbocycles. The van der Waals surface area contributed by atoms with Gasteiger partial charge in [0.2, 0.25) is 5.95 Å². The summed E-state index contributed by atoms with van der Waals surface area (Å²) < 4.78 is 13.0. The van der Waals surface area contributed by atoms with E-state index in [0.717, 1.165) is 48.5 Å².